The van der Waals surface area contributed by atoms with Gasteiger partial charge >= 0.3 is 0 Å². The first-order valence-electron chi connectivity index (χ1n) is 5.22. The van der Waals surface area contributed by atoms with E-state index in [4.69, 9.17) is 11.0 Å². The zero-order valence-electron chi connectivity index (χ0n) is 9.91. The Kier molecular flexibility index (Phi) is 3.49. The van der Waals surface area contributed by atoms with Crippen LogP contribution in [0.1, 0.15) is 5.56 Å². The number of hydrogen-bond donors (Lipinski definition) is 2. The van der Waals surface area contributed by atoms with Gasteiger partial charge in [0.2, 0.25) is 5.95 Å². The molecule has 0 aliphatic carbocycles. The first-order chi connectivity index (χ1) is 9.42. The molecule has 2 rings (SSSR count). The van der Waals surface area contributed by atoms with Gasteiger partial charge in [-0.1, -0.05) is 0 Å². The van der Waals surface area contributed by atoms with Gasteiger partial charge in [-0.25, -0.2) is 22.8 Å². The van der Waals surface area contributed by atoms with E-state index in [0.717, 1.165) is 30.6 Å². The van der Waals surface area contributed by atoms with Gasteiger partial charge in [0.05, 0.1) is 23.6 Å². The number of sulfonamides is 1. The van der Waals surface area contributed by atoms with Crippen LogP contribution in [-0.4, -0.2) is 18.4 Å². The fourth-order valence-electron chi connectivity index (χ4n) is 1.37. The highest BCUT2D eigenvalue weighted by molar-refractivity contribution is 7.92. The quantitative estimate of drug-likeness (QED) is 0.865. The van der Waals surface area contributed by atoms with E-state index >= 15 is 0 Å². The first kappa shape index (κ1) is 13.7. The third-order valence-corrected chi connectivity index (χ3v) is 3.62. The van der Waals surface area contributed by atoms with Gasteiger partial charge in [-0.15, -0.1) is 0 Å². The standard InChI is InChI=1S/C11H8FN5O2S/c12-8-1-2-10(7(3-8)4-13)17-20(18,19)9-5-15-11(14)16-6-9/h1-3,5-6,17H,(H2,14,15,16). The summed E-state index contributed by atoms with van der Waals surface area (Å²) in [5.41, 5.74) is 5.09. The van der Waals surface area contributed by atoms with Gasteiger partial charge in [0, 0.05) is 0 Å². The molecule has 0 saturated carbocycles. The van der Waals surface area contributed by atoms with Crippen molar-refractivity contribution in [2.75, 3.05) is 10.5 Å². The molecular weight excluding hydrogens is 285 g/mol. The van der Waals surface area contributed by atoms with Crippen LogP contribution in [0.25, 0.3) is 0 Å². The summed E-state index contributed by atoms with van der Waals surface area (Å²) in [4.78, 5) is 6.91. The van der Waals surface area contributed by atoms with Crippen molar-refractivity contribution in [1.82, 2.24) is 9.97 Å². The van der Waals surface area contributed by atoms with Crippen molar-refractivity contribution in [3.63, 3.8) is 0 Å². The number of aromatic nitrogens is 2. The Morgan fingerprint density at radius 1 is 1.30 bits per heavy atom. The van der Waals surface area contributed by atoms with Crippen LogP contribution in [0.3, 0.4) is 0 Å². The third kappa shape index (κ3) is 2.81. The van der Waals surface area contributed by atoms with Crippen LogP contribution in [0, 0.1) is 17.1 Å². The molecular formula is C11H8FN5O2S. The topological polar surface area (TPSA) is 122 Å². The highest BCUT2D eigenvalue weighted by Gasteiger charge is 2.17. The van der Waals surface area contributed by atoms with E-state index in [-0.39, 0.29) is 22.1 Å². The summed E-state index contributed by atoms with van der Waals surface area (Å²) >= 11 is 0. The minimum absolute atomic E-state index is 0.0364. The molecule has 102 valence electrons. The van der Waals surface area contributed by atoms with Crippen molar-refractivity contribution in [1.29, 1.82) is 5.26 Å². The number of nitrogens with one attached hydrogen (secondary N) is 1. The summed E-state index contributed by atoms with van der Waals surface area (Å²) in [6.07, 6.45) is 2.06. The predicted molar refractivity (Wildman–Crippen MR) is 68.4 cm³/mol. The van der Waals surface area contributed by atoms with Crippen LogP contribution in [0.2, 0.25) is 0 Å². The molecule has 1 aromatic heterocycles. The Morgan fingerprint density at radius 2 is 1.95 bits per heavy atom. The van der Waals surface area contributed by atoms with Gasteiger partial charge in [-0.05, 0) is 18.2 Å². The van der Waals surface area contributed by atoms with E-state index < -0.39 is 15.8 Å². The first-order valence-corrected chi connectivity index (χ1v) is 6.71. The molecule has 0 fully saturated rings. The van der Waals surface area contributed by atoms with E-state index in [2.05, 4.69) is 14.7 Å². The van der Waals surface area contributed by atoms with E-state index in [0.29, 0.717) is 0 Å². The van der Waals surface area contributed by atoms with E-state index in [9.17, 15) is 12.8 Å². The van der Waals surface area contributed by atoms with E-state index in [1.807, 2.05) is 0 Å². The summed E-state index contributed by atoms with van der Waals surface area (Å²) in [6, 6.07) is 4.83. The van der Waals surface area contributed by atoms with Crippen LogP contribution in [-0.2, 0) is 10.0 Å². The Morgan fingerprint density at radius 3 is 2.55 bits per heavy atom. The minimum atomic E-state index is -3.98. The maximum atomic E-state index is 13.0. The molecule has 1 aromatic carbocycles. The van der Waals surface area contributed by atoms with Crippen LogP contribution in [0.5, 0.6) is 0 Å². The predicted octanol–water partition coefficient (Wildman–Crippen LogP) is 0.870. The van der Waals surface area contributed by atoms with E-state index in [1.54, 1.807) is 6.07 Å². The molecule has 0 bridgehead atoms. The molecule has 7 nitrogen and oxygen atoms in total. The average Bonchev–Trinajstić information content (AvgIpc) is 2.41. The molecule has 9 heteroatoms. The van der Waals surface area contributed by atoms with Crippen molar-refractivity contribution in [2.45, 2.75) is 4.90 Å². The van der Waals surface area contributed by atoms with Crippen LogP contribution < -0.4 is 10.5 Å². The van der Waals surface area contributed by atoms with Gasteiger partial charge in [0.1, 0.15) is 16.8 Å². The maximum Gasteiger partial charge on any atom is 0.265 e. The lowest BCUT2D eigenvalue weighted by Crippen LogP contribution is -2.15. The highest BCUT2D eigenvalue weighted by Crippen LogP contribution is 2.20. The van der Waals surface area contributed by atoms with Gasteiger partial charge in [-0.3, -0.25) is 4.72 Å². The molecule has 0 saturated heterocycles. The second kappa shape index (κ2) is 5.10. The summed E-state index contributed by atoms with van der Waals surface area (Å²) in [5.74, 6) is -0.705. The van der Waals surface area contributed by atoms with Crippen LogP contribution in [0.4, 0.5) is 16.0 Å². The number of anilines is 2. The number of halogens is 1. The molecule has 0 unspecified atom stereocenters. The second-order valence-corrected chi connectivity index (χ2v) is 5.37. The van der Waals surface area contributed by atoms with Crippen LogP contribution >= 0.6 is 0 Å². The Hall–Kier alpha value is -2.73. The van der Waals surface area contributed by atoms with Gasteiger partial charge in [-0.2, -0.15) is 5.26 Å². The lowest BCUT2D eigenvalue weighted by molar-refractivity contribution is 0.600. The summed E-state index contributed by atoms with van der Waals surface area (Å²) in [6.45, 7) is 0. The highest BCUT2D eigenvalue weighted by atomic mass is 32.2. The molecule has 0 atom stereocenters. The number of rotatable bonds is 3. The Labute approximate surface area is 114 Å². The molecule has 1 heterocycles. The van der Waals surface area contributed by atoms with Crippen molar-refractivity contribution in [2.24, 2.45) is 0 Å². The zero-order valence-corrected chi connectivity index (χ0v) is 10.7. The molecule has 2 aromatic rings. The monoisotopic (exact) mass is 293 g/mol. The van der Waals surface area contributed by atoms with Crippen molar-refractivity contribution < 1.29 is 12.8 Å². The second-order valence-electron chi connectivity index (χ2n) is 3.68. The summed E-state index contributed by atoms with van der Waals surface area (Å²) in [7, 11) is -3.98. The van der Waals surface area contributed by atoms with Crippen LogP contribution in [0.15, 0.2) is 35.5 Å². The van der Waals surface area contributed by atoms with E-state index in [1.165, 1.54) is 0 Å². The Balaban J connectivity index is 2.39. The molecule has 20 heavy (non-hydrogen) atoms. The van der Waals surface area contributed by atoms with Gasteiger partial charge in [0.25, 0.3) is 10.0 Å². The number of hydrogen-bond acceptors (Lipinski definition) is 6. The zero-order chi connectivity index (χ0) is 14.8. The normalized spacial score (nSPS) is 10.8. The molecule has 0 spiro atoms. The number of nitrogens with zero attached hydrogens (tertiary/aromatic N) is 3. The average molecular weight is 293 g/mol. The summed E-state index contributed by atoms with van der Waals surface area (Å²) < 4.78 is 39.2. The van der Waals surface area contributed by atoms with Gasteiger partial charge in [0.15, 0.2) is 0 Å². The number of nitriles is 1. The number of nitrogen functional groups attached to an aromatic ring is 1. The lowest BCUT2D eigenvalue weighted by Gasteiger charge is -2.09. The molecule has 0 radical (unpaired) electrons. The summed E-state index contributed by atoms with van der Waals surface area (Å²) in [5, 5.41) is 8.85. The molecule has 0 aliphatic rings. The van der Waals surface area contributed by atoms with Crippen molar-refractivity contribution >= 4 is 21.7 Å². The maximum absolute atomic E-state index is 13.0. The number of nitrogens with two attached hydrogens (primary N) is 1. The minimum Gasteiger partial charge on any atom is -0.368 e. The fraction of sp³-hybridized carbons (Fsp3) is 0. The smallest absolute Gasteiger partial charge is 0.265 e. The third-order valence-electron chi connectivity index (χ3n) is 2.30. The number of benzene rings is 1. The lowest BCUT2D eigenvalue weighted by atomic mass is 10.2. The molecule has 3 N–H and O–H groups in total. The molecule has 0 aliphatic heterocycles. The van der Waals surface area contributed by atoms with Crippen molar-refractivity contribution in [3.05, 3.63) is 42.0 Å². The van der Waals surface area contributed by atoms with Crippen molar-refractivity contribution in [3.8, 4) is 6.07 Å². The SMILES string of the molecule is N#Cc1cc(F)ccc1NS(=O)(=O)c1cnc(N)nc1. The molecule has 0 amide bonds. The van der Waals surface area contributed by atoms with Gasteiger partial charge < -0.3 is 5.73 Å². The Bertz CT molecular complexity index is 783. The fourth-order valence-corrected chi connectivity index (χ4v) is 2.33. The largest absolute Gasteiger partial charge is 0.368 e.